The molecule has 1 aromatic heterocycles. The molecule has 1 aromatic rings. The highest BCUT2D eigenvalue weighted by atomic mass is 16.3. The van der Waals surface area contributed by atoms with E-state index in [4.69, 9.17) is 10.8 Å². The van der Waals surface area contributed by atoms with Gasteiger partial charge in [-0.15, -0.1) is 0 Å². The molecule has 0 saturated carbocycles. The third-order valence-corrected chi connectivity index (χ3v) is 1.90. The maximum absolute atomic E-state index is 8.64. The smallest absolute Gasteiger partial charge is 0.147 e. The molecule has 74 valence electrons. The van der Waals surface area contributed by atoms with Gasteiger partial charge in [0.05, 0.1) is 18.0 Å². The SMILES string of the molecule is CCc1nn(C)c(NCCO)c1N. The molecule has 0 spiro atoms. The van der Waals surface area contributed by atoms with E-state index in [2.05, 4.69) is 10.4 Å². The number of aliphatic hydroxyl groups is 1. The normalized spacial score (nSPS) is 10.4. The van der Waals surface area contributed by atoms with Crippen molar-refractivity contribution in [3.8, 4) is 0 Å². The second-order valence-electron chi connectivity index (χ2n) is 2.84. The van der Waals surface area contributed by atoms with Gasteiger partial charge in [0.2, 0.25) is 0 Å². The third kappa shape index (κ3) is 1.92. The number of aryl methyl sites for hydroxylation is 2. The minimum Gasteiger partial charge on any atom is -0.395 e. The minimum atomic E-state index is 0.0894. The van der Waals surface area contributed by atoms with Gasteiger partial charge in [-0.3, -0.25) is 4.68 Å². The highest BCUT2D eigenvalue weighted by molar-refractivity contribution is 5.64. The van der Waals surface area contributed by atoms with Crippen LogP contribution in [0.25, 0.3) is 0 Å². The molecule has 0 radical (unpaired) electrons. The van der Waals surface area contributed by atoms with Gasteiger partial charge in [0.15, 0.2) is 0 Å². The van der Waals surface area contributed by atoms with Gasteiger partial charge in [-0.1, -0.05) is 6.92 Å². The van der Waals surface area contributed by atoms with Crippen LogP contribution in [0.1, 0.15) is 12.6 Å². The summed E-state index contributed by atoms with van der Waals surface area (Å²) in [6.45, 7) is 2.59. The number of hydrogen-bond acceptors (Lipinski definition) is 4. The van der Waals surface area contributed by atoms with Gasteiger partial charge >= 0.3 is 0 Å². The first kappa shape index (κ1) is 9.85. The zero-order valence-electron chi connectivity index (χ0n) is 8.04. The fraction of sp³-hybridized carbons (Fsp3) is 0.625. The van der Waals surface area contributed by atoms with Gasteiger partial charge < -0.3 is 16.2 Å². The monoisotopic (exact) mass is 184 g/mol. The average molecular weight is 184 g/mol. The molecule has 0 amide bonds. The van der Waals surface area contributed by atoms with Crippen molar-refractivity contribution < 1.29 is 5.11 Å². The van der Waals surface area contributed by atoms with E-state index in [-0.39, 0.29) is 6.61 Å². The fourth-order valence-electron chi connectivity index (χ4n) is 1.24. The fourth-order valence-corrected chi connectivity index (χ4v) is 1.24. The Morgan fingerprint density at radius 3 is 2.77 bits per heavy atom. The molecule has 0 aliphatic heterocycles. The Labute approximate surface area is 77.5 Å². The van der Waals surface area contributed by atoms with Crippen LogP contribution in [0.2, 0.25) is 0 Å². The Morgan fingerprint density at radius 1 is 1.62 bits per heavy atom. The van der Waals surface area contributed by atoms with Gasteiger partial charge in [-0.2, -0.15) is 5.10 Å². The largest absolute Gasteiger partial charge is 0.395 e. The van der Waals surface area contributed by atoms with Crippen LogP contribution in [-0.2, 0) is 13.5 Å². The van der Waals surface area contributed by atoms with Crippen molar-refractivity contribution in [2.45, 2.75) is 13.3 Å². The van der Waals surface area contributed by atoms with E-state index in [1.807, 2.05) is 14.0 Å². The molecule has 0 saturated heterocycles. The number of nitrogens with one attached hydrogen (secondary N) is 1. The lowest BCUT2D eigenvalue weighted by molar-refractivity contribution is 0.311. The van der Waals surface area contributed by atoms with Gasteiger partial charge in [0.25, 0.3) is 0 Å². The van der Waals surface area contributed by atoms with Crippen LogP contribution in [0.15, 0.2) is 0 Å². The molecule has 1 rings (SSSR count). The molecular formula is C8H16N4O. The molecule has 0 aromatic carbocycles. The van der Waals surface area contributed by atoms with Crippen molar-refractivity contribution in [3.05, 3.63) is 5.69 Å². The molecule has 0 fully saturated rings. The maximum atomic E-state index is 8.64. The second-order valence-corrected chi connectivity index (χ2v) is 2.84. The van der Waals surface area contributed by atoms with Crippen LogP contribution >= 0.6 is 0 Å². The maximum Gasteiger partial charge on any atom is 0.147 e. The average Bonchev–Trinajstić information content (AvgIpc) is 2.39. The predicted octanol–water partition coefficient (Wildman–Crippen LogP) is -0.0311. The van der Waals surface area contributed by atoms with Crippen molar-refractivity contribution in [1.29, 1.82) is 0 Å². The van der Waals surface area contributed by atoms with Crippen molar-refractivity contribution in [2.75, 3.05) is 24.2 Å². The summed E-state index contributed by atoms with van der Waals surface area (Å²) in [7, 11) is 1.83. The first-order chi connectivity index (χ1) is 6.20. The van der Waals surface area contributed by atoms with Gasteiger partial charge in [0, 0.05) is 13.6 Å². The number of anilines is 2. The topological polar surface area (TPSA) is 76.1 Å². The number of aliphatic hydroxyl groups excluding tert-OH is 1. The molecule has 5 nitrogen and oxygen atoms in total. The van der Waals surface area contributed by atoms with E-state index in [9.17, 15) is 0 Å². The molecule has 5 heteroatoms. The number of nitrogens with two attached hydrogens (primary N) is 1. The summed E-state index contributed by atoms with van der Waals surface area (Å²) in [6.07, 6.45) is 0.820. The summed E-state index contributed by atoms with van der Waals surface area (Å²) in [4.78, 5) is 0. The van der Waals surface area contributed by atoms with Crippen molar-refractivity contribution >= 4 is 11.5 Å². The van der Waals surface area contributed by atoms with Gasteiger partial charge in [0.1, 0.15) is 5.82 Å². The third-order valence-electron chi connectivity index (χ3n) is 1.90. The summed E-state index contributed by atoms with van der Waals surface area (Å²) in [6, 6.07) is 0. The summed E-state index contributed by atoms with van der Waals surface area (Å²) < 4.78 is 1.70. The number of aromatic nitrogens is 2. The molecule has 1 heterocycles. The van der Waals surface area contributed by atoms with E-state index in [1.165, 1.54) is 0 Å². The molecule has 4 N–H and O–H groups in total. The molecule has 0 unspecified atom stereocenters. The second kappa shape index (κ2) is 4.13. The highest BCUT2D eigenvalue weighted by Gasteiger charge is 2.10. The summed E-state index contributed by atoms with van der Waals surface area (Å²) in [5.74, 6) is 0.783. The number of rotatable bonds is 4. The quantitative estimate of drug-likeness (QED) is 0.614. The molecular weight excluding hydrogens is 168 g/mol. The number of hydrogen-bond donors (Lipinski definition) is 3. The van der Waals surface area contributed by atoms with Crippen LogP contribution in [0.4, 0.5) is 11.5 Å². The highest BCUT2D eigenvalue weighted by Crippen LogP contribution is 2.21. The van der Waals surface area contributed by atoms with Gasteiger partial charge in [-0.25, -0.2) is 0 Å². The van der Waals surface area contributed by atoms with E-state index in [0.717, 1.165) is 17.9 Å². The lowest BCUT2D eigenvalue weighted by Gasteiger charge is -2.04. The molecule has 0 aliphatic carbocycles. The minimum absolute atomic E-state index is 0.0894. The molecule has 0 aliphatic rings. The molecule has 0 bridgehead atoms. The molecule has 0 atom stereocenters. The summed E-state index contributed by atoms with van der Waals surface area (Å²) in [5, 5.41) is 15.9. The van der Waals surface area contributed by atoms with E-state index >= 15 is 0 Å². The summed E-state index contributed by atoms with van der Waals surface area (Å²) in [5.41, 5.74) is 7.40. The zero-order valence-corrected chi connectivity index (χ0v) is 8.04. The van der Waals surface area contributed by atoms with E-state index < -0.39 is 0 Å². The van der Waals surface area contributed by atoms with Crippen LogP contribution in [0.3, 0.4) is 0 Å². The number of nitrogen functional groups attached to an aromatic ring is 1. The lowest BCUT2D eigenvalue weighted by Crippen LogP contribution is -2.10. The lowest BCUT2D eigenvalue weighted by atomic mass is 10.3. The summed E-state index contributed by atoms with van der Waals surface area (Å²) >= 11 is 0. The van der Waals surface area contributed by atoms with Crippen LogP contribution in [-0.4, -0.2) is 28.0 Å². The number of nitrogens with zero attached hydrogens (tertiary/aromatic N) is 2. The van der Waals surface area contributed by atoms with Crippen molar-refractivity contribution in [2.24, 2.45) is 7.05 Å². The first-order valence-electron chi connectivity index (χ1n) is 4.36. The van der Waals surface area contributed by atoms with Crippen LogP contribution < -0.4 is 11.1 Å². The Kier molecular flexibility index (Phi) is 3.13. The van der Waals surface area contributed by atoms with Gasteiger partial charge in [-0.05, 0) is 6.42 Å². The predicted molar refractivity (Wildman–Crippen MR) is 52.6 cm³/mol. The molecule has 13 heavy (non-hydrogen) atoms. The van der Waals surface area contributed by atoms with E-state index in [1.54, 1.807) is 4.68 Å². The Bertz CT molecular complexity index is 282. The van der Waals surface area contributed by atoms with Crippen molar-refractivity contribution in [1.82, 2.24) is 9.78 Å². The van der Waals surface area contributed by atoms with Crippen LogP contribution in [0.5, 0.6) is 0 Å². The van der Waals surface area contributed by atoms with E-state index in [0.29, 0.717) is 12.2 Å². The van der Waals surface area contributed by atoms with Crippen LogP contribution in [0, 0.1) is 0 Å². The zero-order chi connectivity index (χ0) is 9.84. The standard InChI is InChI=1S/C8H16N4O/c1-3-6-7(9)8(10-4-5-13)12(2)11-6/h10,13H,3-5,9H2,1-2H3. The Balaban J connectivity index is 2.85. The Hall–Kier alpha value is -1.23. The Morgan fingerprint density at radius 2 is 2.31 bits per heavy atom. The first-order valence-corrected chi connectivity index (χ1v) is 4.36. The van der Waals surface area contributed by atoms with Crippen molar-refractivity contribution in [3.63, 3.8) is 0 Å².